The standard InChI is InChI=1S/C14H14ClN5O/c15-11-2-1-3-12-10(11)6-9-7-19(4-5-20(9)12)8-13-16-14(21)18-17-13/h1-3,6H,4-5,7-8H2,(H2,16,17,18,21). The number of benzene rings is 1. The van der Waals surface area contributed by atoms with E-state index in [1.807, 2.05) is 12.1 Å². The molecule has 2 N–H and O–H groups in total. The minimum atomic E-state index is -0.261. The van der Waals surface area contributed by atoms with Crippen molar-refractivity contribution in [1.82, 2.24) is 24.6 Å². The molecule has 0 aliphatic carbocycles. The number of halogens is 1. The molecule has 1 aliphatic rings. The zero-order chi connectivity index (χ0) is 14.4. The van der Waals surface area contributed by atoms with Gasteiger partial charge in [0.25, 0.3) is 0 Å². The van der Waals surface area contributed by atoms with E-state index in [4.69, 9.17) is 11.6 Å². The van der Waals surface area contributed by atoms with Gasteiger partial charge in [0, 0.05) is 41.3 Å². The van der Waals surface area contributed by atoms with Crippen molar-refractivity contribution in [3.8, 4) is 0 Å². The molecule has 0 fully saturated rings. The summed E-state index contributed by atoms with van der Waals surface area (Å²) < 4.78 is 2.31. The second-order valence-electron chi connectivity index (χ2n) is 5.30. The second kappa shape index (κ2) is 4.75. The fourth-order valence-corrected chi connectivity index (χ4v) is 3.20. The van der Waals surface area contributed by atoms with E-state index in [1.54, 1.807) is 0 Å². The van der Waals surface area contributed by atoms with Gasteiger partial charge in [0.1, 0.15) is 5.82 Å². The lowest BCUT2D eigenvalue weighted by atomic mass is 10.2. The predicted octanol–water partition coefficient (Wildman–Crippen LogP) is 1.72. The Morgan fingerprint density at radius 1 is 1.33 bits per heavy atom. The van der Waals surface area contributed by atoms with Crippen molar-refractivity contribution >= 4 is 22.5 Å². The van der Waals surface area contributed by atoms with Crippen LogP contribution in [0.15, 0.2) is 29.1 Å². The zero-order valence-corrected chi connectivity index (χ0v) is 12.0. The molecule has 7 heteroatoms. The monoisotopic (exact) mass is 303 g/mol. The maximum atomic E-state index is 11.1. The topological polar surface area (TPSA) is 69.7 Å². The third-order valence-electron chi connectivity index (χ3n) is 3.93. The summed E-state index contributed by atoms with van der Waals surface area (Å²) in [5.74, 6) is 0.669. The van der Waals surface area contributed by atoms with Gasteiger partial charge in [0.2, 0.25) is 0 Å². The predicted molar refractivity (Wildman–Crippen MR) is 80.3 cm³/mol. The van der Waals surface area contributed by atoms with Gasteiger partial charge in [-0.3, -0.25) is 9.88 Å². The molecule has 0 saturated carbocycles. The molecule has 4 rings (SSSR count). The Kier molecular flexibility index (Phi) is 2.87. The van der Waals surface area contributed by atoms with E-state index >= 15 is 0 Å². The van der Waals surface area contributed by atoms with E-state index in [9.17, 15) is 4.79 Å². The first-order valence-electron chi connectivity index (χ1n) is 6.83. The summed E-state index contributed by atoms with van der Waals surface area (Å²) in [7, 11) is 0. The quantitative estimate of drug-likeness (QED) is 0.757. The van der Waals surface area contributed by atoms with Gasteiger partial charge >= 0.3 is 5.69 Å². The van der Waals surface area contributed by atoms with Crippen molar-refractivity contribution in [3.05, 3.63) is 51.3 Å². The van der Waals surface area contributed by atoms with E-state index in [1.165, 1.54) is 11.2 Å². The fourth-order valence-electron chi connectivity index (χ4n) is 2.97. The van der Waals surface area contributed by atoms with Crippen molar-refractivity contribution in [2.24, 2.45) is 0 Å². The Morgan fingerprint density at radius 3 is 3.05 bits per heavy atom. The molecule has 0 bridgehead atoms. The van der Waals surface area contributed by atoms with Gasteiger partial charge in [-0.15, -0.1) is 0 Å². The van der Waals surface area contributed by atoms with Gasteiger partial charge in [-0.2, -0.15) is 5.10 Å². The van der Waals surface area contributed by atoms with Gasteiger partial charge in [-0.05, 0) is 18.2 Å². The molecule has 2 aromatic heterocycles. The highest BCUT2D eigenvalue weighted by molar-refractivity contribution is 6.35. The van der Waals surface area contributed by atoms with Crippen LogP contribution in [-0.4, -0.2) is 31.2 Å². The first-order chi connectivity index (χ1) is 10.2. The van der Waals surface area contributed by atoms with E-state index in [0.29, 0.717) is 12.4 Å². The minimum absolute atomic E-state index is 0.261. The van der Waals surface area contributed by atoms with Crippen molar-refractivity contribution < 1.29 is 0 Å². The lowest BCUT2D eigenvalue weighted by molar-refractivity contribution is 0.210. The highest BCUT2D eigenvalue weighted by atomic mass is 35.5. The van der Waals surface area contributed by atoms with E-state index in [0.717, 1.165) is 30.0 Å². The van der Waals surface area contributed by atoms with Crippen LogP contribution in [0.2, 0.25) is 5.02 Å². The largest absolute Gasteiger partial charge is 0.342 e. The smallest absolute Gasteiger partial charge is 0.340 e. The third-order valence-corrected chi connectivity index (χ3v) is 4.26. The molecule has 0 amide bonds. The van der Waals surface area contributed by atoms with Gasteiger partial charge in [0.05, 0.1) is 6.54 Å². The molecule has 6 nitrogen and oxygen atoms in total. The Hall–Kier alpha value is -2.05. The Bertz CT molecular complexity index is 862. The molecule has 0 spiro atoms. The average molecular weight is 304 g/mol. The van der Waals surface area contributed by atoms with Crippen LogP contribution < -0.4 is 5.69 Å². The molecule has 1 aromatic carbocycles. The fraction of sp³-hybridized carbons (Fsp3) is 0.286. The Labute approximate surface area is 125 Å². The molecule has 21 heavy (non-hydrogen) atoms. The molecule has 0 unspecified atom stereocenters. The van der Waals surface area contributed by atoms with Crippen molar-refractivity contribution in [2.45, 2.75) is 19.6 Å². The highest BCUT2D eigenvalue weighted by Gasteiger charge is 2.20. The molecular formula is C14H14ClN5O. The van der Waals surface area contributed by atoms with E-state index in [2.05, 4.69) is 36.8 Å². The van der Waals surface area contributed by atoms with Gasteiger partial charge < -0.3 is 4.57 Å². The molecule has 0 radical (unpaired) electrons. The van der Waals surface area contributed by atoms with Gasteiger partial charge in [-0.25, -0.2) is 9.89 Å². The summed E-state index contributed by atoms with van der Waals surface area (Å²) in [6.07, 6.45) is 0. The number of nitrogens with zero attached hydrogens (tertiary/aromatic N) is 3. The lowest BCUT2D eigenvalue weighted by Crippen LogP contribution is -2.33. The minimum Gasteiger partial charge on any atom is -0.342 e. The summed E-state index contributed by atoms with van der Waals surface area (Å²) in [5.41, 5.74) is 2.16. The van der Waals surface area contributed by atoms with Crippen molar-refractivity contribution in [2.75, 3.05) is 6.54 Å². The molecule has 0 atom stereocenters. The lowest BCUT2D eigenvalue weighted by Gasteiger charge is -2.27. The number of H-pyrrole nitrogens is 2. The highest BCUT2D eigenvalue weighted by Crippen LogP contribution is 2.29. The first-order valence-corrected chi connectivity index (χ1v) is 7.21. The summed E-state index contributed by atoms with van der Waals surface area (Å²) in [4.78, 5) is 16.0. The third kappa shape index (κ3) is 2.16. The summed E-state index contributed by atoms with van der Waals surface area (Å²) >= 11 is 6.26. The van der Waals surface area contributed by atoms with Crippen LogP contribution in [0.1, 0.15) is 11.5 Å². The normalized spacial score (nSPS) is 15.5. The van der Waals surface area contributed by atoms with Crippen LogP contribution in [0.4, 0.5) is 0 Å². The maximum absolute atomic E-state index is 11.1. The number of hydrogen-bond acceptors (Lipinski definition) is 3. The van der Waals surface area contributed by atoms with Crippen molar-refractivity contribution in [3.63, 3.8) is 0 Å². The van der Waals surface area contributed by atoms with Crippen LogP contribution in [0.25, 0.3) is 10.9 Å². The van der Waals surface area contributed by atoms with Crippen LogP contribution >= 0.6 is 11.6 Å². The van der Waals surface area contributed by atoms with Crippen LogP contribution in [0, 0.1) is 0 Å². The zero-order valence-electron chi connectivity index (χ0n) is 11.3. The van der Waals surface area contributed by atoms with Crippen LogP contribution in [0.3, 0.4) is 0 Å². The second-order valence-corrected chi connectivity index (χ2v) is 5.70. The number of rotatable bonds is 2. The average Bonchev–Trinajstić information content (AvgIpc) is 3.03. The van der Waals surface area contributed by atoms with Crippen LogP contribution in [-0.2, 0) is 19.6 Å². The molecule has 3 heterocycles. The molecule has 3 aromatic rings. The van der Waals surface area contributed by atoms with Crippen LogP contribution in [0.5, 0.6) is 0 Å². The first kappa shape index (κ1) is 12.7. The SMILES string of the molecule is O=c1[nH]nc(CN2CCn3c(cc4c(Cl)cccc43)C2)[nH]1. The summed E-state index contributed by atoms with van der Waals surface area (Å²) in [6.45, 7) is 3.28. The number of nitrogens with one attached hydrogen (secondary N) is 2. The van der Waals surface area contributed by atoms with E-state index in [-0.39, 0.29) is 5.69 Å². The summed E-state index contributed by atoms with van der Waals surface area (Å²) in [5, 5.41) is 8.25. The summed E-state index contributed by atoms with van der Waals surface area (Å²) in [6, 6.07) is 8.16. The van der Waals surface area contributed by atoms with Gasteiger partial charge in [0.15, 0.2) is 0 Å². The maximum Gasteiger partial charge on any atom is 0.340 e. The van der Waals surface area contributed by atoms with Crippen molar-refractivity contribution in [1.29, 1.82) is 0 Å². The molecule has 108 valence electrons. The molecular weight excluding hydrogens is 290 g/mol. The Morgan fingerprint density at radius 2 is 2.24 bits per heavy atom. The Balaban J connectivity index is 1.64. The molecule has 0 saturated heterocycles. The number of aromatic amines is 2. The van der Waals surface area contributed by atoms with Gasteiger partial charge in [-0.1, -0.05) is 17.7 Å². The van der Waals surface area contributed by atoms with E-state index < -0.39 is 0 Å². The number of fused-ring (bicyclic) bond motifs is 3. The molecule has 1 aliphatic heterocycles. The number of aromatic nitrogens is 4. The number of hydrogen-bond donors (Lipinski definition) is 2.